The van der Waals surface area contributed by atoms with Crippen molar-refractivity contribution in [3.8, 4) is 24.0 Å². The fraction of sp³-hybridized carbons (Fsp3) is 0.200. The molecule has 2 aromatic rings. The second kappa shape index (κ2) is 10.6. The molecule has 3 rings (SSSR count). The second-order valence-electron chi connectivity index (χ2n) is 5.08. The summed E-state index contributed by atoms with van der Waals surface area (Å²) in [7, 11) is 1.59. The van der Waals surface area contributed by atoms with Crippen molar-refractivity contribution in [2.45, 2.75) is 5.92 Å². The molecular formula is C20H21NO4. The van der Waals surface area contributed by atoms with Gasteiger partial charge in [-0.1, -0.05) is 48.5 Å². The number of ether oxygens (including phenoxy) is 1. The first-order valence-electron chi connectivity index (χ1n) is 7.62. The van der Waals surface area contributed by atoms with E-state index in [0.29, 0.717) is 13.1 Å². The van der Waals surface area contributed by atoms with Crippen LogP contribution in [0.4, 0.5) is 0 Å². The lowest BCUT2D eigenvalue weighted by molar-refractivity contribution is -0.135. The Balaban J connectivity index is 0.000000335. The molecule has 0 aliphatic heterocycles. The van der Waals surface area contributed by atoms with Crippen LogP contribution in [0.5, 0.6) is 0 Å². The van der Waals surface area contributed by atoms with Gasteiger partial charge < -0.3 is 15.2 Å². The molecule has 0 fully saturated rings. The number of aliphatic carboxylic acids is 1. The Hall–Kier alpha value is -3.10. The predicted octanol–water partition coefficient (Wildman–Crippen LogP) is 2.51. The summed E-state index contributed by atoms with van der Waals surface area (Å²) >= 11 is 0. The van der Waals surface area contributed by atoms with E-state index >= 15 is 0 Å². The lowest BCUT2D eigenvalue weighted by Gasteiger charge is -2.11. The third-order valence-corrected chi connectivity index (χ3v) is 3.62. The van der Waals surface area contributed by atoms with Gasteiger partial charge in [0.1, 0.15) is 6.61 Å². The Morgan fingerprint density at radius 1 is 1.12 bits per heavy atom. The summed E-state index contributed by atoms with van der Waals surface area (Å²) in [5.74, 6) is -0.648. The van der Waals surface area contributed by atoms with Gasteiger partial charge in [0.15, 0.2) is 0 Å². The molecule has 25 heavy (non-hydrogen) atoms. The van der Waals surface area contributed by atoms with Gasteiger partial charge in [0.2, 0.25) is 0 Å². The second-order valence-corrected chi connectivity index (χ2v) is 5.08. The number of carbonyl (C=O) groups is 2. The SMILES string of the molecule is C#C.CNCC(=O)O.O=COCC1c2ccccc2-c2ccccc21. The van der Waals surface area contributed by atoms with Crippen LogP contribution in [-0.4, -0.2) is 37.7 Å². The Bertz CT molecular complexity index is 679. The van der Waals surface area contributed by atoms with Gasteiger partial charge in [-0.05, 0) is 29.3 Å². The third kappa shape index (κ3) is 5.20. The Morgan fingerprint density at radius 2 is 1.60 bits per heavy atom. The average molecular weight is 339 g/mol. The maximum Gasteiger partial charge on any atom is 0.317 e. The molecule has 5 heteroatoms. The topological polar surface area (TPSA) is 75.6 Å². The third-order valence-electron chi connectivity index (χ3n) is 3.62. The normalized spacial score (nSPS) is 10.8. The fourth-order valence-electron chi connectivity index (χ4n) is 2.73. The number of hydrogen-bond donors (Lipinski definition) is 2. The molecule has 0 bridgehead atoms. The highest BCUT2D eigenvalue weighted by molar-refractivity contribution is 5.78. The van der Waals surface area contributed by atoms with Gasteiger partial charge in [-0.25, -0.2) is 0 Å². The summed E-state index contributed by atoms with van der Waals surface area (Å²) in [6.45, 7) is 0.973. The molecule has 0 heterocycles. The van der Waals surface area contributed by atoms with E-state index in [1.54, 1.807) is 7.05 Å². The molecule has 0 radical (unpaired) electrons. The summed E-state index contributed by atoms with van der Waals surface area (Å²) in [6.07, 6.45) is 8.00. The predicted molar refractivity (Wildman–Crippen MR) is 97.2 cm³/mol. The van der Waals surface area contributed by atoms with E-state index in [9.17, 15) is 9.59 Å². The number of fused-ring (bicyclic) bond motifs is 3. The van der Waals surface area contributed by atoms with Crippen LogP contribution in [0.1, 0.15) is 17.0 Å². The van der Waals surface area contributed by atoms with Gasteiger partial charge in [-0.2, -0.15) is 0 Å². The van der Waals surface area contributed by atoms with Crippen molar-refractivity contribution in [3.05, 3.63) is 59.7 Å². The maximum absolute atomic E-state index is 10.4. The van der Waals surface area contributed by atoms with E-state index in [1.165, 1.54) is 22.3 Å². The molecule has 130 valence electrons. The van der Waals surface area contributed by atoms with Gasteiger partial charge in [-0.15, -0.1) is 12.8 Å². The molecule has 2 N–H and O–H groups in total. The van der Waals surface area contributed by atoms with Crippen molar-refractivity contribution in [1.29, 1.82) is 0 Å². The van der Waals surface area contributed by atoms with E-state index in [0.717, 1.165) is 0 Å². The highest BCUT2D eigenvalue weighted by Crippen LogP contribution is 2.44. The molecule has 2 aromatic carbocycles. The minimum Gasteiger partial charge on any atom is -0.480 e. The number of rotatable bonds is 5. The number of terminal acetylenes is 1. The van der Waals surface area contributed by atoms with Crippen molar-refractivity contribution in [2.75, 3.05) is 20.2 Å². The van der Waals surface area contributed by atoms with E-state index < -0.39 is 5.97 Å². The van der Waals surface area contributed by atoms with Gasteiger partial charge >= 0.3 is 5.97 Å². The summed E-state index contributed by atoms with van der Waals surface area (Å²) < 4.78 is 4.95. The minimum atomic E-state index is -0.822. The van der Waals surface area contributed by atoms with Crippen LogP contribution in [0, 0.1) is 12.8 Å². The largest absolute Gasteiger partial charge is 0.480 e. The first kappa shape index (κ1) is 19.9. The van der Waals surface area contributed by atoms with E-state index in [1.807, 2.05) is 24.3 Å². The van der Waals surface area contributed by atoms with Crippen molar-refractivity contribution in [1.82, 2.24) is 5.32 Å². The number of nitrogens with one attached hydrogen (secondary N) is 1. The Labute approximate surface area is 147 Å². The lowest BCUT2D eigenvalue weighted by atomic mass is 9.98. The van der Waals surface area contributed by atoms with Gasteiger partial charge in [-0.3, -0.25) is 9.59 Å². The van der Waals surface area contributed by atoms with Gasteiger partial charge in [0, 0.05) is 5.92 Å². The van der Waals surface area contributed by atoms with Crippen molar-refractivity contribution in [3.63, 3.8) is 0 Å². The molecule has 0 atom stereocenters. The zero-order valence-electron chi connectivity index (χ0n) is 14.0. The van der Waals surface area contributed by atoms with Crippen molar-refractivity contribution >= 4 is 12.4 Å². The van der Waals surface area contributed by atoms with Crippen LogP contribution in [0.15, 0.2) is 48.5 Å². The molecule has 0 spiro atoms. The Kier molecular flexibility index (Phi) is 8.48. The van der Waals surface area contributed by atoms with Gasteiger partial charge in [0.05, 0.1) is 6.54 Å². The maximum atomic E-state index is 10.4. The van der Waals surface area contributed by atoms with E-state index in [-0.39, 0.29) is 12.5 Å². The molecular weight excluding hydrogens is 318 g/mol. The quantitative estimate of drug-likeness (QED) is 0.647. The number of carbonyl (C=O) groups excluding carboxylic acids is 1. The summed E-state index contributed by atoms with van der Waals surface area (Å²) in [6, 6.07) is 16.6. The van der Waals surface area contributed by atoms with E-state index in [4.69, 9.17) is 9.84 Å². The molecule has 1 aliphatic carbocycles. The minimum absolute atomic E-state index is 0.0417. The van der Waals surface area contributed by atoms with Crippen LogP contribution < -0.4 is 5.32 Å². The Morgan fingerprint density at radius 3 is 1.96 bits per heavy atom. The lowest BCUT2D eigenvalue weighted by Crippen LogP contribution is -2.16. The van der Waals surface area contributed by atoms with Crippen LogP contribution in [0.3, 0.4) is 0 Å². The van der Waals surface area contributed by atoms with Crippen LogP contribution in [-0.2, 0) is 14.3 Å². The number of likely N-dealkylation sites (N-methyl/N-ethyl adjacent to an activating group) is 1. The summed E-state index contributed by atoms with van der Waals surface area (Å²) in [5.41, 5.74) is 5.00. The van der Waals surface area contributed by atoms with Gasteiger partial charge in [0.25, 0.3) is 6.47 Å². The molecule has 0 amide bonds. The number of hydrogen-bond acceptors (Lipinski definition) is 4. The zero-order chi connectivity index (χ0) is 18.7. The molecule has 0 unspecified atom stereocenters. The number of carboxylic acid groups (broad SMARTS) is 1. The number of carboxylic acids is 1. The zero-order valence-corrected chi connectivity index (χ0v) is 14.0. The highest BCUT2D eigenvalue weighted by Gasteiger charge is 2.28. The van der Waals surface area contributed by atoms with Crippen molar-refractivity contribution in [2.24, 2.45) is 0 Å². The first-order valence-corrected chi connectivity index (χ1v) is 7.62. The standard InChI is InChI=1S/C15H12O2.C3H7NO2.C2H2/c16-10-17-9-15-13-7-3-1-5-11(13)12-6-2-4-8-14(12)15;1-4-2-3(5)6;1-2/h1-8,10,15H,9H2;4H,2H2,1H3,(H,5,6);1-2H. The average Bonchev–Trinajstić information content (AvgIpc) is 2.96. The van der Waals surface area contributed by atoms with E-state index in [2.05, 4.69) is 42.4 Å². The summed E-state index contributed by atoms with van der Waals surface area (Å²) in [5, 5.41) is 10.3. The molecule has 5 nitrogen and oxygen atoms in total. The highest BCUT2D eigenvalue weighted by atomic mass is 16.5. The van der Waals surface area contributed by atoms with Crippen LogP contribution >= 0.6 is 0 Å². The monoisotopic (exact) mass is 339 g/mol. The fourth-order valence-corrected chi connectivity index (χ4v) is 2.73. The van der Waals surface area contributed by atoms with Crippen LogP contribution in [0.2, 0.25) is 0 Å². The summed E-state index contributed by atoms with van der Waals surface area (Å²) in [4.78, 5) is 19.9. The van der Waals surface area contributed by atoms with Crippen LogP contribution in [0.25, 0.3) is 11.1 Å². The first-order chi connectivity index (χ1) is 12.2. The smallest absolute Gasteiger partial charge is 0.317 e. The molecule has 0 saturated heterocycles. The molecule has 1 aliphatic rings. The number of benzene rings is 2. The van der Waals surface area contributed by atoms with Crippen molar-refractivity contribution < 1.29 is 19.4 Å². The molecule has 0 saturated carbocycles. The molecule has 0 aromatic heterocycles.